The zero-order valence-electron chi connectivity index (χ0n) is 6.21. The van der Waals surface area contributed by atoms with Gasteiger partial charge in [0.15, 0.2) is 0 Å². The van der Waals surface area contributed by atoms with Gasteiger partial charge in [-0.1, -0.05) is 0 Å². The van der Waals surface area contributed by atoms with E-state index < -0.39 is 22.9 Å². The van der Waals surface area contributed by atoms with E-state index >= 15 is 0 Å². The van der Waals surface area contributed by atoms with Crippen LogP contribution < -0.4 is 16.4 Å². The van der Waals surface area contributed by atoms with Crippen molar-refractivity contribution in [3.63, 3.8) is 0 Å². The normalized spacial score (nSPS) is 8.67. The summed E-state index contributed by atoms with van der Waals surface area (Å²) in [6, 6.07) is 0.733. The van der Waals surface area contributed by atoms with Crippen LogP contribution in [0.4, 0.5) is 0 Å². The Kier molecular flexibility index (Phi) is 3.94. The summed E-state index contributed by atoms with van der Waals surface area (Å²) in [6.07, 6.45) is 0. The van der Waals surface area contributed by atoms with E-state index in [0.29, 0.717) is 0 Å². The molecule has 0 saturated carbocycles. The third kappa shape index (κ3) is 2.65. The van der Waals surface area contributed by atoms with E-state index in [-0.39, 0.29) is 29.6 Å². The third-order valence-corrected chi connectivity index (χ3v) is 0.980. The van der Waals surface area contributed by atoms with Gasteiger partial charge in [-0.05, 0) is 0 Å². The zero-order chi connectivity index (χ0) is 8.43. The van der Waals surface area contributed by atoms with Crippen molar-refractivity contribution < 1.29 is 9.90 Å². The second-order valence-electron chi connectivity index (χ2n) is 1.79. The van der Waals surface area contributed by atoms with Crippen molar-refractivity contribution in [3.05, 3.63) is 32.6 Å². The number of H-pyrrole nitrogens is 2. The van der Waals surface area contributed by atoms with Crippen molar-refractivity contribution >= 4 is 35.5 Å². The number of aromatic amines is 2. The number of carboxylic acids is 1. The van der Waals surface area contributed by atoms with Crippen molar-refractivity contribution in [1.82, 2.24) is 9.97 Å². The van der Waals surface area contributed by atoms with Crippen molar-refractivity contribution in [1.29, 1.82) is 0 Å². The van der Waals surface area contributed by atoms with Gasteiger partial charge in [-0.3, -0.25) is 9.78 Å². The molecular weight excluding hydrogens is 175 g/mol. The summed E-state index contributed by atoms with van der Waals surface area (Å²) in [4.78, 5) is 34.6. The Bertz CT molecular complexity index is 365. The van der Waals surface area contributed by atoms with E-state index in [9.17, 15) is 19.5 Å². The molecule has 1 aromatic rings. The van der Waals surface area contributed by atoms with Crippen LogP contribution in [0.2, 0.25) is 0 Å². The SMILES string of the molecule is O=C([O-])c1cc(=O)[nH]c(=O)[nH]1.[Na]. The Balaban J connectivity index is 0.00000121. The molecule has 1 rings (SSSR count). The van der Waals surface area contributed by atoms with Gasteiger partial charge in [0, 0.05) is 35.6 Å². The maximum absolute atomic E-state index is 10.4. The minimum Gasteiger partial charge on any atom is -0.543 e. The summed E-state index contributed by atoms with van der Waals surface area (Å²) in [7, 11) is 0. The second-order valence-corrected chi connectivity index (χ2v) is 1.79. The van der Waals surface area contributed by atoms with Gasteiger partial charge in [-0.2, -0.15) is 0 Å². The average Bonchev–Trinajstić information content (AvgIpc) is 1.85. The molecular formula is C5H3N2NaO4-. The molecule has 0 unspecified atom stereocenters. The molecule has 0 bridgehead atoms. The molecule has 1 heterocycles. The molecule has 6 nitrogen and oxygen atoms in total. The molecule has 7 heteroatoms. The molecule has 59 valence electrons. The first kappa shape index (κ1) is 11.2. The summed E-state index contributed by atoms with van der Waals surface area (Å²) in [6.45, 7) is 0. The zero-order valence-corrected chi connectivity index (χ0v) is 8.21. The number of hydrogen-bond donors (Lipinski definition) is 2. The molecule has 0 amide bonds. The quantitative estimate of drug-likeness (QED) is 0.448. The predicted octanol–water partition coefficient (Wildman–Crippen LogP) is -2.95. The number of rotatable bonds is 1. The van der Waals surface area contributed by atoms with Crippen LogP contribution >= 0.6 is 0 Å². The number of hydrogen-bond acceptors (Lipinski definition) is 4. The van der Waals surface area contributed by atoms with E-state index in [0.717, 1.165) is 6.07 Å². The van der Waals surface area contributed by atoms with Crippen LogP contribution in [0, 0.1) is 0 Å². The number of aromatic carboxylic acids is 1. The van der Waals surface area contributed by atoms with Crippen LogP contribution in [0.15, 0.2) is 15.7 Å². The molecule has 0 aliphatic rings. The van der Waals surface area contributed by atoms with Crippen LogP contribution in [0.25, 0.3) is 0 Å². The number of aromatic nitrogens is 2. The van der Waals surface area contributed by atoms with Crippen LogP contribution in [0.1, 0.15) is 10.5 Å². The summed E-state index contributed by atoms with van der Waals surface area (Å²) >= 11 is 0. The van der Waals surface area contributed by atoms with Gasteiger partial charge in [0.05, 0.1) is 11.7 Å². The molecule has 0 aromatic carbocycles. The number of carbonyl (C=O) groups excluding carboxylic acids is 1. The van der Waals surface area contributed by atoms with E-state index in [2.05, 4.69) is 0 Å². The van der Waals surface area contributed by atoms with Gasteiger partial charge in [0.1, 0.15) is 0 Å². The fourth-order valence-corrected chi connectivity index (χ4v) is 0.579. The minimum atomic E-state index is -1.59. The molecule has 0 atom stereocenters. The average molecular weight is 178 g/mol. The fourth-order valence-electron chi connectivity index (χ4n) is 0.579. The standard InChI is InChI=1S/C5H4N2O4.Na/c8-3-1-2(4(9)10)6-5(11)7-3;/h1H,(H,9,10)(H2,6,7,8,11);/p-1. The third-order valence-electron chi connectivity index (χ3n) is 0.980. The minimum absolute atomic E-state index is 0. The first-order valence-corrected chi connectivity index (χ1v) is 2.64. The Morgan fingerprint density at radius 3 is 2.33 bits per heavy atom. The van der Waals surface area contributed by atoms with Crippen molar-refractivity contribution in [2.45, 2.75) is 0 Å². The molecule has 0 aliphatic carbocycles. The summed E-state index contributed by atoms with van der Waals surface area (Å²) < 4.78 is 0. The summed E-state index contributed by atoms with van der Waals surface area (Å²) in [5, 5.41) is 10.1. The molecule has 2 N–H and O–H groups in total. The van der Waals surface area contributed by atoms with Gasteiger partial charge >= 0.3 is 5.69 Å². The van der Waals surface area contributed by atoms with Gasteiger partial charge in [-0.15, -0.1) is 0 Å². The number of nitrogens with one attached hydrogen (secondary N) is 2. The van der Waals surface area contributed by atoms with E-state index in [1.165, 1.54) is 0 Å². The fraction of sp³-hybridized carbons (Fsp3) is 0. The van der Waals surface area contributed by atoms with Gasteiger partial charge in [-0.25, -0.2) is 4.79 Å². The Morgan fingerprint density at radius 2 is 1.92 bits per heavy atom. The van der Waals surface area contributed by atoms with Crippen molar-refractivity contribution in [3.8, 4) is 0 Å². The van der Waals surface area contributed by atoms with Crippen molar-refractivity contribution in [2.24, 2.45) is 0 Å². The van der Waals surface area contributed by atoms with Crippen LogP contribution in [-0.2, 0) is 0 Å². The second kappa shape index (κ2) is 4.24. The molecule has 0 saturated heterocycles. The maximum Gasteiger partial charge on any atom is 0.326 e. The topological polar surface area (TPSA) is 106 Å². The summed E-state index contributed by atoms with van der Waals surface area (Å²) in [5.74, 6) is -1.59. The first-order valence-electron chi connectivity index (χ1n) is 2.64. The van der Waals surface area contributed by atoms with Gasteiger partial charge in [0.2, 0.25) is 0 Å². The largest absolute Gasteiger partial charge is 0.543 e. The molecule has 0 aliphatic heterocycles. The van der Waals surface area contributed by atoms with E-state index in [4.69, 9.17) is 0 Å². The smallest absolute Gasteiger partial charge is 0.326 e. The van der Waals surface area contributed by atoms with E-state index in [1.54, 1.807) is 0 Å². The van der Waals surface area contributed by atoms with Gasteiger partial charge in [0.25, 0.3) is 5.56 Å². The number of carboxylic acid groups (broad SMARTS) is 1. The van der Waals surface area contributed by atoms with Gasteiger partial charge < -0.3 is 14.9 Å². The van der Waals surface area contributed by atoms with Crippen LogP contribution in [0.3, 0.4) is 0 Å². The van der Waals surface area contributed by atoms with Crippen LogP contribution in [-0.4, -0.2) is 45.5 Å². The Hall–Kier alpha value is -0.850. The predicted molar refractivity (Wildman–Crippen MR) is 37.8 cm³/mol. The van der Waals surface area contributed by atoms with Crippen LogP contribution in [0.5, 0.6) is 0 Å². The molecule has 0 spiro atoms. The molecule has 0 fully saturated rings. The van der Waals surface area contributed by atoms with Crippen molar-refractivity contribution in [2.75, 3.05) is 0 Å². The Labute approximate surface area is 87.9 Å². The Morgan fingerprint density at radius 1 is 1.33 bits per heavy atom. The molecule has 1 aromatic heterocycles. The number of carbonyl (C=O) groups is 1. The summed E-state index contributed by atoms with van der Waals surface area (Å²) in [5.41, 5.74) is -2.16. The maximum atomic E-state index is 10.4. The first-order chi connectivity index (χ1) is 5.09. The monoisotopic (exact) mass is 178 g/mol. The van der Waals surface area contributed by atoms with E-state index in [1.807, 2.05) is 9.97 Å². The molecule has 12 heavy (non-hydrogen) atoms. The molecule has 1 radical (unpaired) electrons.